The maximum atomic E-state index is 13.2. The van der Waals surface area contributed by atoms with E-state index in [0.29, 0.717) is 12.0 Å². The summed E-state index contributed by atoms with van der Waals surface area (Å²) in [6, 6.07) is 13.5. The molecule has 0 spiro atoms. The van der Waals surface area contributed by atoms with Crippen LogP contribution in [-0.2, 0) is 11.2 Å². The van der Waals surface area contributed by atoms with Gasteiger partial charge in [-0.05, 0) is 29.7 Å². The van der Waals surface area contributed by atoms with Crippen LogP contribution >= 0.6 is 0 Å². The number of rotatable bonds is 7. The maximum absolute atomic E-state index is 13.2. The summed E-state index contributed by atoms with van der Waals surface area (Å²) in [7, 11) is 0. The lowest BCUT2D eigenvalue weighted by atomic mass is 9.95. The molecule has 0 bridgehead atoms. The van der Waals surface area contributed by atoms with Crippen molar-refractivity contribution in [1.29, 1.82) is 0 Å². The van der Waals surface area contributed by atoms with Crippen molar-refractivity contribution in [2.75, 3.05) is 6.54 Å². The van der Waals surface area contributed by atoms with E-state index in [4.69, 9.17) is 5.11 Å². The minimum atomic E-state index is -4.52. The zero-order valence-corrected chi connectivity index (χ0v) is 13.8. The summed E-state index contributed by atoms with van der Waals surface area (Å²) in [5.74, 6) is -3.63. The monoisotopic (exact) mass is 365 g/mol. The van der Waals surface area contributed by atoms with Crippen molar-refractivity contribution in [2.45, 2.75) is 24.9 Å². The summed E-state index contributed by atoms with van der Waals surface area (Å²) < 4.78 is 39.7. The first-order valence-corrected chi connectivity index (χ1v) is 7.98. The fourth-order valence-electron chi connectivity index (χ4n) is 2.57. The fraction of sp³-hybridized carbons (Fsp3) is 0.263. The minimum absolute atomic E-state index is 0.0457. The van der Waals surface area contributed by atoms with Gasteiger partial charge in [-0.25, -0.2) is 4.79 Å². The van der Waals surface area contributed by atoms with Gasteiger partial charge in [-0.15, -0.1) is 0 Å². The third-order valence-electron chi connectivity index (χ3n) is 3.90. The molecule has 0 aliphatic heterocycles. The van der Waals surface area contributed by atoms with Crippen molar-refractivity contribution >= 4 is 11.9 Å². The van der Waals surface area contributed by atoms with Crippen molar-refractivity contribution in [3.63, 3.8) is 0 Å². The van der Waals surface area contributed by atoms with Crippen molar-refractivity contribution < 1.29 is 27.9 Å². The number of benzene rings is 2. The highest BCUT2D eigenvalue weighted by Crippen LogP contribution is 2.37. The molecule has 2 rings (SSSR count). The summed E-state index contributed by atoms with van der Waals surface area (Å²) in [6.07, 6.45) is -4.88. The molecule has 0 aliphatic carbocycles. The Kier molecular flexibility index (Phi) is 6.38. The van der Waals surface area contributed by atoms with Crippen LogP contribution in [0.4, 0.5) is 13.2 Å². The Labute approximate surface area is 148 Å². The number of aromatic carboxylic acids is 1. The Morgan fingerprint density at radius 2 is 1.73 bits per heavy atom. The largest absolute Gasteiger partial charge is 0.478 e. The molecule has 7 heteroatoms. The van der Waals surface area contributed by atoms with Crippen molar-refractivity contribution in [3.05, 3.63) is 71.3 Å². The Hall–Kier alpha value is -2.83. The molecule has 0 aliphatic rings. The molecule has 4 nitrogen and oxygen atoms in total. The fourth-order valence-corrected chi connectivity index (χ4v) is 2.57. The van der Waals surface area contributed by atoms with Crippen LogP contribution in [0.3, 0.4) is 0 Å². The lowest BCUT2D eigenvalue weighted by Gasteiger charge is -2.20. The van der Waals surface area contributed by atoms with E-state index in [1.807, 2.05) is 0 Å². The number of hydrogen-bond acceptors (Lipinski definition) is 2. The van der Waals surface area contributed by atoms with Gasteiger partial charge >= 0.3 is 12.1 Å². The van der Waals surface area contributed by atoms with Crippen LogP contribution in [0, 0.1) is 0 Å². The van der Waals surface area contributed by atoms with E-state index in [1.54, 1.807) is 18.2 Å². The molecular weight excluding hydrogens is 347 g/mol. The van der Waals surface area contributed by atoms with Gasteiger partial charge in [0.05, 0.1) is 11.5 Å². The maximum Gasteiger partial charge on any atom is 0.396 e. The van der Waals surface area contributed by atoms with E-state index in [2.05, 4.69) is 5.32 Å². The average molecular weight is 365 g/mol. The Morgan fingerprint density at radius 3 is 2.35 bits per heavy atom. The molecule has 0 radical (unpaired) electrons. The second kappa shape index (κ2) is 8.51. The summed E-state index contributed by atoms with van der Waals surface area (Å²) in [4.78, 5) is 22.8. The molecule has 2 aromatic carbocycles. The number of hydrogen-bond donors (Lipinski definition) is 2. The van der Waals surface area contributed by atoms with Crippen molar-refractivity contribution in [2.24, 2.45) is 0 Å². The standard InChI is InChI=1S/C19H18F3NO3/c20-19(21,22)16(14-6-2-1-3-7-14)12-17(24)23-10-9-13-5-4-8-15(11-13)18(25)26/h1-8,11,16H,9-10,12H2,(H,23,24)(H,25,26). The van der Waals surface area contributed by atoms with E-state index in [1.165, 1.54) is 36.4 Å². The first-order chi connectivity index (χ1) is 12.3. The third-order valence-corrected chi connectivity index (χ3v) is 3.90. The molecule has 0 saturated carbocycles. The van der Waals surface area contributed by atoms with Crippen molar-refractivity contribution in [3.8, 4) is 0 Å². The van der Waals surface area contributed by atoms with Gasteiger partial charge in [0.15, 0.2) is 0 Å². The normalized spacial score (nSPS) is 12.4. The average Bonchev–Trinajstić information content (AvgIpc) is 2.59. The smallest absolute Gasteiger partial charge is 0.396 e. The summed E-state index contributed by atoms with van der Waals surface area (Å²) >= 11 is 0. The number of nitrogens with one attached hydrogen (secondary N) is 1. The van der Waals surface area contributed by atoms with Gasteiger partial charge in [-0.1, -0.05) is 42.5 Å². The molecule has 2 aromatic rings. The lowest BCUT2D eigenvalue weighted by Crippen LogP contribution is -2.31. The first-order valence-electron chi connectivity index (χ1n) is 7.98. The highest BCUT2D eigenvalue weighted by atomic mass is 19.4. The summed E-state index contributed by atoms with van der Waals surface area (Å²) in [6.45, 7) is 0.126. The van der Waals surface area contributed by atoms with Crippen LogP contribution in [-0.4, -0.2) is 29.7 Å². The number of alkyl halides is 3. The number of amides is 1. The van der Waals surface area contributed by atoms with Gasteiger partial charge < -0.3 is 10.4 Å². The number of carbonyl (C=O) groups is 2. The molecule has 0 heterocycles. The van der Waals surface area contributed by atoms with Gasteiger partial charge in [0.1, 0.15) is 0 Å². The molecule has 0 saturated heterocycles. The van der Waals surface area contributed by atoms with E-state index in [-0.39, 0.29) is 17.7 Å². The molecule has 1 unspecified atom stereocenters. The Balaban J connectivity index is 1.93. The first kappa shape index (κ1) is 19.5. The summed E-state index contributed by atoms with van der Waals surface area (Å²) in [5.41, 5.74) is 0.847. The molecule has 0 aromatic heterocycles. The predicted octanol–water partition coefficient (Wildman–Crippen LogP) is 3.78. The van der Waals surface area contributed by atoms with Crippen LogP contribution in [0.25, 0.3) is 0 Å². The van der Waals surface area contributed by atoms with Crippen LogP contribution in [0.5, 0.6) is 0 Å². The Morgan fingerprint density at radius 1 is 1.04 bits per heavy atom. The van der Waals surface area contributed by atoms with Crippen molar-refractivity contribution in [1.82, 2.24) is 5.32 Å². The SMILES string of the molecule is O=C(CC(c1ccccc1)C(F)(F)F)NCCc1cccc(C(=O)O)c1. The second-order valence-electron chi connectivity index (χ2n) is 5.81. The van der Waals surface area contributed by atoms with E-state index in [0.717, 1.165) is 0 Å². The van der Waals surface area contributed by atoms with Crippen LogP contribution in [0.1, 0.15) is 33.8 Å². The van der Waals surface area contributed by atoms with Gasteiger partial charge in [-0.3, -0.25) is 4.79 Å². The number of halogens is 3. The Bertz CT molecular complexity index is 760. The topological polar surface area (TPSA) is 66.4 Å². The zero-order chi connectivity index (χ0) is 19.2. The number of carboxylic acid groups (broad SMARTS) is 1. The molecule has 1 amide bonds. The zero-order valence-electron chi connectivity index (χ0n) is 13.8. The molecule has 26 heavy (non-hydrogen) atoms. The third kappa shape index (κ3) is 5.61. The number of carbonyl (C=O) groups excluding carboxylic acids is 1. The van der Waals surface area contributed by atoms with E-state index in [9.17, 15) is 22.8 Å². The van der Waals surface area contributed by atoms with E-state index >= 15 is 0 Å². The molecule has 0 fully saturated rings. The van der Waals surface area contributed by atoms with Gasteiger partial charge in [0.25, 0.3) is 0 Å². The number of carboxylic acids is 1. The van der Waals surface area contributed by atoms with E-state index < -0.39 is 30.4 Å². The van der Waals surface area contributed by atoms with Gasteiger partial charge in [0, 0.05) is 13.0 Å². The minimum Gasteiger partial charge on any atom is -0.478 e. The summed E-state index contributed by atoms with van der Waals surface area (Å²) in [5, 5.41) is 11.4. The highest BCUT2D eigenvalue weighted by Gasteiger charge is 2.41. The molecule has 2 N–H and O–H groups in total. The quantitative estimate of drug-likeness (QED) is 0.785. The van der Waals surface area contributed by atoms with Crippen LogP contribution < -0.4 is 5.32 Å². The molecule has 1 atom stereocenters. The van der Waals surface area contributed by atoms with Gasteiger partial charge in [-0.2, -0.15) is 13.2 Å². The predicted molar refractivity (Wildman–Crippen MR) is 90.0 cm³/mol. The molecular formula is C19H18F3NO3. The molecule has 138 valence electrons. The van der Waals surface area contributed by atoms with Crippen LogP contribution in [0.15, 0.2) is 54.6 Å². The second-order valence-corrected chi connectivity index (χ2v) is 5.81. The van der Waals surface area contributed by atoms with Crippen LogP contribution in [0.2, 0.25) is 0 Å². The van der Waals surface area contributed by atoms with Gasteiger partial charge in [0.2, 0.25) is 5.91 Å². The lowest BCUT2D eigenvalue weighted by molar-refractivity contribution is -0.157. The highest BCUT2D eigenvalue weighted by molar-refractivity contribution is 5.87.